The average molecular weight is 396 g/mol. The van der Waals surface area contributed by atoms with Crippen LogP contribution in [-0.2, 0) is 29.5 Å². The molecule has 0 saturated carbocycles. The normalized spacial score (nSPS) is 13.3. The molecule has 0 saturated heterocycles. The fraction of sp³-hybridized carbons (Fsp3) is 0.125. The molecule has 0 bridgehead atoms. The number of hydrogen-bond acceptors (Lipinski definition) is 6. The minimum absolute atomic E-state index is 0.0871. The Balaban J connectivity index is 2.50. The first-order chi connectivity index (χ1) is 12.3. The minimum atomic E-state index is -4.14. The van der Waals surface area contributed by atoms with Crippen molar-refractivity contribution in [3.05, 3.63) is 60.7 Å². The summed E-state index contributed by atoms with van der Waals surface area (Å²) < 4.78 is 66.1. The fourth-order valence-corrected chi connectivity index (χ4v) is 3.79. The van der Waals surface area contributed by atoms with Crippen LogP contribution in [0.2, 0.25) is 0 Å². The van der Waals surface area contributed by atoms with Gasteiger partial charge in [0.25, 0.3) is 31.8 Å². The third-order valence-electron chi connectivity index (χ3n) is 3.06. The Hall–Kier alpha value is -2.72. The lowest BCUT2D eigenvalue weighted by Crippen LogP contribution is -2.22. The first-order valence-corrected chi connectivity index (χ1v) is 10.1. The molecule has 0 atom stereocenters. The summed E-state index contributed by atoms with van der Waals surface area (Å²) in [4.78, 5) is -0.174. The van der Waals surface area contributed by atoms with Gasteiger partial charge in [0.1, 0.15) is 0 Å². The smallest absolute Gasteiger partial charge is 0.289 e. The quantitative estimate of drug-likeness (QED) is 0.576. The van der Waals surface area contributed by atoms with E-state index in [0.29, 0.717) is 0 Å². The summed E-state index contributed by atoms with van der Waals surface area (Å²) in [5.74, 6) is -1.17. The third-order valence-corrected chi connectivity index (χ3v) is 5.61. The predicted molar refractivity (Wildman–Crippen MR) is 96.1 cm³/mol. The van der Waals surface area contributed by atoms with E-state index < -0.39 is 31.8 Å². The van der Waals surface area contributed by atoms with Gasteiger partial charge in [-0.2, -0.15) is 16.8 Å². The highest BCUT2D eigenvalue weighted by atomic mass is 32.2. The lowest BCUT2D eigenvalue weighted by Gasteiger charge is -2.08. The number of ether oxygens (including phenoxy) is 2. The highest BCUT2D eigenvalue weighted by molar-refractivity contribution is 7.90. The van der Waals surface area contributed by atoms with Crippen molar-refractivity contribution in [1.29, 1.82) is 0 Å². The molecule has 0 aromatic heterocycles. The zero-order valence-corrected chi connectivity index (χ0v) is 15.6. The number of hydrogen-bond donors (Lipinski definition) is 0. The van der Waals surface area contributed by atoms with Crippen molar-refractivity contribution in [1.82, 2.24) is 0 Å². The van der Waals surface area contributed by atoms with Gasteiger partial charge in [-0.3, -0.25) is 0 Å². The maximum Gasteiger partial charge on any atom is 0.289 e. The van der Waals surface area contributed by atoms with E-state index in [4.69, 9.17) is 9.47 Å². The van der Waals surface area contributed by atoms with Crippen molar-refractivity contribution >= 4 is 31.8 Å². The van der Waals surface area contributed by atoms with Crippen molar-refractivity contribution < 1.29 is 26.3 Å². The van der Waals surface area contributed by atoms with Crippen LogP contribution in [0.1, 0.15) is 0 Å². The van der Waals surface area contributed by atoms with Crippen LogP contribution in [0.25, 0.3) is 0 Å². The fourth-order valence-electron chi connectivity index (χ4n) is 1.84. The molecule has 0 unspecified atom stereocenters. The second kappa shape index (κ2) is 8.11. The standard InChI is InChI=1S/C16H16N2O6S2/c1-23-15(17-25(19,20)13-9-5-3-6-10-13)16(24-2)18-26(21,22)14-11-7-4-8-12-14/h3-12H,1-2H3. The Kier molecular flexibility index (Phi) is 6.11. The van der Waals surface area contributed by atoms with Crippen LogP contribution in [0.4, 0.5) is 0 Å². The molecule has 138 valence electrons. The number of rotatable bonds is 4. The molecule has 0 aliphatic heterocycles. The Morgan fingerprint density at radius 3 is 1.23 bits per heavy atom. The molecular formula is C16H16N2O6S2. The van der Waals surface area contributed by atoms with E-state index in [2.05, 4.69) is 8.80 Å². The van der Waals surface area contributed by atoms with Crippen LogP contribution >= 0.6 is 0 Å². The van der Waals surface area contributed by atoms with Gasteiger partial charge in [0.15, 0.2) is 0 Å². The maximum absolute atomic E-state index is 12.3. The molecular weight excluding hydrogens is 380 g/mol. The van der Waals surface area contributed by atoms with Gasteiger partial charge >= 0.3 is 0 Å². The van der Waals surface area contributed by atoms with Gasteiger partial charge in [-0.15, -0.1) is 8.80 Å². The van der Waals surface area contributed by atoms with Crippen LogP contribution in [-0.4, -0.2) is 42.9 Å². The molecule has 2 aromatic carbocycles. The van der Waals surface area contributed by atoms with Gasteiger partial charge in [-0.05, 0) is 24.3 Å². The maximum atomic E-state index is 12.3. The summed E-state index contributed by atoms with van der Waals surface area (Å²) in [6.07, 6.45) is 0. The molecule has 0 N–H and O–H groups in total. The SMILES string of the molecule is COC(=NS(=O)(=O)c1ccccc1)C(=NS(=O)(=O)c1ccccc1)OC. The Morgan fingerprint density at radius 1 is 0.654 bits per heavy atom. The predicted octanol–water partition coefficient (Wildman–Crippen LogP) is 1.85. The van der Waals surface area contributed by atoms with Crippen molar-refractivity contribution in [3.8, 4) is 0 Å². The van der Waals surface area contributed by atoms with Gasteiger partial charge in [-0.1, -0.05) is 36.4 Å². The molecule has 0 amide bonds. The molecule has 0 spiro atoms. The molecule has 0 aliphatic carbocycles. The monoisotopic (exact) mass is 396 g/mol. The van der Waals surface area contributed by atoms with E-state index in [1.54, 1.807) is 12.1 Å². The second-order valence-corrected chi connectivity index (χ2v) is 7.99. The molecule has 0 aliphatic rings. The number of nitrogens with zero attached hydrogens (tertiary/aromatic N) is 2. The van der Waals surface area contributed by atoms with E-state index in [1.165, 1.54) is 48.5 Å². The van der Waals surface area contributed by atoms with E-state index in [1.807, 2.05) is 0 Å². The minimum Gasteiger partial charge on any atom is -0.477 e. The van der Waals surface area contributed by atoms with Crippen LogP contribution in [0.3, 0.4) is 0 Å². The van der Waals surface area contributed by atoms with Crippen LogP contribution in [0.15, 0.2) is 79.3 Å². The summed E-state index contributed by atoms with van der Waals surface area (Å²) in [5, 5.41) is 0. The van der Waals surface area contributed by atoms with Crippen molar-refractivity contribution in [2.45, 2.75) is 9.79 Å². The third kappa shape index (κ3) is 4.67. The Bertz CT molecular complexity index is 929. The first-order valence-electron chi connectivity index (χ1n) is 7.18. The lowest BCUT2D eigenvalue weighted by molar-refractivity contribution is 0.369. The summed E-state index contributed by atoms with van der Waals surface area (Å²) in [7, 11) is -6.02. The highest BCUT2D eigenvalue weighted by Gasteiger charge is 2.22. The van der Waals surface area contributed by atoms with Gasteiger partial charge in [0.2, 0.25) is 0 Å². The van der Waals surface area contributed by atoms with Crippen molar-refractivity contribution in [2.75, 3.05) is 14.2 Å². The van der Waals surface area contributed by atoms with E-state index >= 15 is 0 Å². The van der Waals surface area contributed by atoms with E-state index in [-0.39, 0.29) is 9.79 Å². The van der Waals surface area contributed by atoms with E-state index in [9.17, 15) is 16.8 Å². The second-order valence-electron chi connectivity index (χ2n) is 4.78. The number of benzene rings is 2. The summed E-state index contributed by atoms with van der Waals surface area (Å²) >= 11 is 0. The zero-order chi connectivity index (χ0) is 19.2. The molecule has 10 heteroatoms. The van der Waals surface area contributed by atoms with Gasteiger partial charge in [-0.25, -0.2) is 0 Å². The van der Waals surface area contributed by atoms with Crippen molar-refractivity contribution in [3.63, 3.8) is 0 Å². The zero-order valence-electron chi connectivity index (χ0n) is 13.9. The van der Waals surface area contributed by atoms with Crippen molar-refractivity contribution in [2.24, 2.45) is 8.80 Å². The largest absolute Gasteiger partial charge is 0.477 e. The average Bonchev–Trinajstić information content (AvgIpc) is 2.66. The summed E-state index contributed by atoms with van der Waals surface area (Å²) in [5.41, 5.74) is 0. The molecule has 2 rings (SSSR count). The van der Waals surface area contributed by atoms with Gasteiger partial charge < -0.3 is 9.47 Å². The molecule has 2 aromatic rings. The van der Waals surface area contributed by atoms with Crippen LogP contribution in [0, 0.1) is 0 Å². The highest BCUT2D eigenvalue weighted by Crippen LogP contribution is 2.14. The Morgan fingerprint density at radius 2 is 0.962 bits per heavy atom. The number of methoxy groups -OCH3 is 2. The van der Waals surface area contributed by atoms with Gasteiger partial charge in [0.05, 0.1) is 24.0 Å². The Labute approximate surface area is 151 Å². The number of sulfonamides is 2. The molecule has 0 fully saturated rings. The molecule has 0 heterocycles. The summed E-state index contributed by atoms with van der Waals surface area (Å²) in [6.45, 7) is 0. The van der Waals surface area contributed by atoms with E-state index in [0.717, 1.165) is 14.2 Å². The lowest BCUT2D eigenvalue weighted by atomic mass is 10.4. The molecule has 0 radical (unpaired) electrons. The topological polar surface area (TPSA) is 111 Å². The molecule has 8 nitrogen and oxygen atoms in total. The van der Waals surface area contributed by atoms with Gasteiger partial charge in [0, 0.05) is 0 Å². The summed E-state index contributed by atoms with van der Waals surface area (Å²) in [6, 6.07) is 14.8. The molecule has 26 heavy (non-hydrogen) atoms. The van der Waals surface area contributed by atoms with Crippen LogP contribution in [0.5, 0.6) is 0 Å². The van der Waals surface area contributed by atoms with Crippen LogP contribution < -0.4 is 0 Å². The first kappa shape index (κ1) is 19.6.